The first-order chi connectivity index (χ1) is 20.7. The Labute approximate surface area is 254 Å². The van der Waals surface area contributed by atoms with Crippen LogP contribution in [0, 0.1) is 6.92 Å². The predicted molar refractivity (Wildman–Crippen MR) is 169 cm³/mol. The maximum Gasteiger partial charge on any atom is 0.415 e. The normalized spacial score (nSPS) is 25.0. The first-order valence-corrected chi connectivity index (χ1v) is 15.2. The van der Waals surface area contributed by atoms with Crippen LogP contribution in [0.25, 0.3) is 0 Å². The van der Waals surface area contributed by atoms with Crippen LogP contribution in [-0.4, -0.2) is 90.1 Å². The molecule has 3 atom stereocenters. The molecule has 4 aliphatic rings. The molecule has 0 spiro atoms. The first kappa shape index (κ1) is 27.8. The van der Waals surface area contributed by atoms with Crippen LogP contribution in [0.2, 0.25) is 0 Å². The van der Waals surface area contributed by atoms with Crippen LogP contribution in [0.4, 0.5) is 39.6 Å². The number of carbonyl (C=O) groups excluding carboxylic acids is 1. The van der Waals surface area contributed by atoms with Gasteiger partial charge >= 0.3 is 6.09 Å². The van der Waals surface area contributed by atoms with Crippen molar-refractivity contribution in [3.05, 3.63) is 53.7 Å². The topological polar surface area (TPSA) is 99.2 Å². The van der Waals surface area contributed by atoms with Crippen molar-refractivity contribution in [3.63, 3.8) is 0 Å². The van der Waals surface area contributed by atoms with Gasteiger partial charge in [0, 0.05) is 62.7 Å². The number of nitrogens with one attached hydrogen (secondary N) is 1. The molecule has 0 radical (unpaired) electrons. The quantitative estimate of drug-likeness (QED) is 0.436. The number of aromatic nitrogens is 3. The molecule has 1 amide bonds. The summed E-state index contributed by atoms with van der Waals surface area (Å²) in [6.07, 6.45) is 2.36. The van der Waals surface area contributed by atoms with E-state index in [9.17, 15) is 4.79 Å². The van der Waals surface area contributed by atoms with Gasteiger partial charge in [-0.2, -0.15) is 4.98 Å². The fourth-order valence-corrected chi connectivity index (χ4v) is 6.81. The van der Waals surface area contributed by atoms with Crippen LogP contribution < -0.4 is 20.0 Å². The summed E-state index contributed by atoms with van der Waals surface area (Å²) < 4.78 is 11.5. The molecule has 0 aliphatic carbocycles. The Bertz CT molecular complexity index is 1550. The van der Waals surface area contributed by atoms with Crippen LogP contribution in [0.5, 0.6) is 0 Å². The highest BCUT2D eigenvalue weighted by Gasteiger charge is 2.48. The maximum atomic E-state index is 12.5. The minimum absolute atomic E-state index is 0. The van der Waals surface area contributed by atoms with E-state index in [0.29, 0.717) is 25.0 Å². The molecule has 11 heteroatoms. The van der Waals surface area contributed by atoms with Gasteiger partial charge < -0.3 is 29.5 Å². The molecule has 43 heavy (non-hydrogen) atoms. The van der Waals surface area contributed by atoms with Gasteiger partial charge in [-0.05, 0) is 77.1 Å². The van der Waals surface area contributed by atoms with Crippen molar-refractivity contribution in [3.8, 4) is 0 Å². The highest BCUT2D eigenvalue weighted by atomic mass is 16.6. The lowest BCUT2D eigenvalue weighted by atomic mass is 9.85. The van der Waals surface area contributed by atoms with Crippen LogP contribution in [0.1, 0.15) is 45.7 Å². The molecule has 6 heterocycles. The van der Waals surface area contributed by atoms with Crippen LogP contribution >= 0.6 is 0 Å². The van der Waals surface area contributed by atoms with E-state index in [-0.39, 0.29) is 31.1 Å². The standard InChI is InChI=1S/C32H40N8O3.H2/c1-20-15-22(9-10-25(20)38-13-11-37(5)12-14-38)34-30-33-17-23-24-19-43-32(3,4)16-26(24)40(29(23)36-30)28-8-6-7-27(35-28)39-21(2)18-42-31(39)41;/h6-10,15,17,21,24,26H,11-14,16,18-19H2,1-5H3,(H,33,34,36);1H/t21-,24?,26+;/m0./s1. The molecule has 3 fully saturated rings. The van der Waals surface area contributed by atoms with Crippen molar-refractivity contribution in [2.75, 3.05) is 66.5 Å². The molecule has 0 bridgehead atoms. The Morgan fingerprint density at radius 1 is 1.02 bits per heavy atom. The molecule has 1 unspecified atom stereocenters. The molecule has 1 N–H and O–H groups in total. The van der Waals surface area contributed by atoms with Crippen molar-refractivity contribution in [2.24, 2.45) is 0 Å². The number of anilines is 6. The summed E-state index contributed by atoms with van der Waals surface area (Å²) in [5, 5.41) is 3.45. The fraction of sp³-hybridized carbons (Fsp3) is 0.500. The number of hydrogen-bond acceptors (Lipinski definition) is 10. The van der Waals surface area contributed by atoms with Gasteiger partial charge in [-0.1, -0.05) is 6.07 Å². The maximum absolute atomic E-state index is 12.5. The van der Waals surface area contributed by atoms with Gasteiger partial charge in [-0.15, -0.1) is 0 Å². The van der Waals surface area contributed by atoms with E-state index >= 15 is 0 Å². The van der Waals surface area contributed by atoms with Crippen molar-refractivity contribution < 1.29 is 15.7 Å². The second-order valence-corrected chi connectivity index (χ2v) is 12.9. The lowest BCUT2D eigenvalue weighted by Gasteiger charge is -2.41. The number of ether oxygens (including phenoxy) is 2. The molecule has 11 nitrogen and oxygen atoms in total. The van der Waals surface area contributed by atoms with Crippen LogP contribution in [-0.2, 0) is 9.47 Å². The number of benzene rings is 1. The molecule has 0 saturated carbocycles. The molecular formula is C32H42N8O3. The highest BCUT2D eigenvalue weighted by molar-refractivity contribution is 5.89. The number of pyridine rings is 1. The number of rotatable bonds is 5. The largest absolute Gasteiger partial charge is 0.447 e. The third kappa shape index (κ3) is 5.14. The Morgan fingerprint density at radius 3 is 2.51 bits per heavy atom. The summed E-state index contributed by atoms with van der Waals surface area (Å²) in [5.74, 6) is 2.78. The lowest BCUT2D eigenvalue weighted by molar-refractivity contribution is -0.0657. The molecule has 3 aromatic rings. The summed E-state index contributed by atoms with van der Waals surface area (Å²) in [7, 11) is 2.18. The number of piperazine rings is 1. The number of cyclic esters (lactones) is 1. The zero-order chi connectivity index (χ0) is 29.9. The fourth-order valence-electron chi connectivity index (χ4n) is 6.81. The van der Waals surface area contributed by atoms with Crippen LogP contribution in [0.15, 0.2) is 42.6 Å². The molecule has 2 aromatic heterocycles. The third-order valence-electron chi connectivity index (χ3n) is 9.17. The van der Waals surface area contributed by atoms with E-state index < -0.39 is 0 Å². The lowest BCUT2D eigenvalue weighted by Crippen LogP contribution is -2.45. The number of likely N-dealkylation sites (N-methyl/N-ethyl adjacent to an activating group) is 1. The Hall–Kier alpha value is -3.96. The van der Waals surface area contributed by atoms with Gasteiger partial charge in [-0.25, -0.2) is 14.8 Å². The van der Waals surface area contributed by atoms with E-state index in [1.165, 1.54) is 11.3 Å². The summed E-state index contributed by atoms with van der Waals surface area (Å²) in [6, 6.07) is 12.3. The first-order valence-electron chi connectivity index (χ1n) is 15.2. The summed E-state index contributed by atoms with van der Waals surface area (Å²) in [5.41, 5.74) is 4.20. The number of nitrogens with zero attached hydrogens (tertiary/aromatic N) is 7. The molecule has 1 aromatic carbocycles. The van der Waals surface area contributed by atoms with Gasteiger partial charge in [0.05, 0.1) is 18.2 Å². The van der Waals surface area contributed by atoms with E-state index in [1.807, 2.05) is 31.3 Å². The molecular weight excluding hydrogens is 544 g/mol. The number of amides is 1. The molecule has 3 saturated heterocycles. The molecule has 7 rings (SSSR count). The average Bonchev–Trinajstić information content (AvgIpc) is 3.48. The Morgan fingerprint density at radius 2 is 1.79 bits per heavy atom. The number of aryl methyl sites for hydroxylation is 1. The van der Waals surface area contributed by atoms with Gasteiger partial charge in [-0.3, -0.25) is 4.90 Å². The van der Waals surface area contributed by atoms with E-state index in [4.69, 9.17) is 24.4 Å². The van der Waals surface area contributed by atoms with Gasteiger partial charge in [0.2, 0.25) is 5.95 Å². The highest BCUT2D eigenvalue weighted by Crippen LogP contribution is 2.49. The summed E-state index contributed by atoms with van der Waals surface area (Å²) in [6.45, 7) is 13.5. The zero-order valence-corrected chi connectivity index (χ0v) is 25.6. The van der Waals surface area contributed by atoms with Crippen molar-refractivity contribution in [1.82, 2.24) is 19.9 Å². The smallest absolute Gasteiger partial charge is 0.415 e. The zero-order valence-electron chi connectivity index (χ0n) is 25.6. The predicted octanol–water partition coefficient (Wildman–Crippen LogP) is 5.07. The number of fused-ring (bicyclic) bond motifs is 3. The van der Waals surface area contributed by atoms with Crippen LogP contribution in [0.3, 0.4) is 0 Å². The van der Waals surface area contributed by atoms with Gasteiger partial charge in [0.15, 0.2) is 0 Å². The Balaban J connectivity index is 0.00000343. The summed E-state index contributed by atoms with van der Waals surface area (Å²) >= 11 is 0. The summed E-state index contributed by atoms with van der Waals surface area (Å²) in [4.78, 5) is 35.9. The third-order valence-corrected chi connectivity index (χ3v) is 9.17. The Kier molecular flexibility index (Phi) is 6.89. The monoisotopic (exact) mass is 586 g/mol. The SMILES string of the molecule is Cc1cc(Nc2ncc3c(n2)N(c2cccc(N4C(=O)OC[C@@H]4C)n2)[C@@H]2CC(C)(C)OCC32)ccc1N1CCN(C)CC1.[HH]. The number of carbonyl (C=O) groups is 1. The minimum atomic E-state index is -0.369. The second kappa shape index (κ2) is 10.6. The number of hydrogen-bond donors (Lipinski definition) is 1. The average molecular weight is 587 g/mol. The second-order valence-electron chi connectivity index (χ2n) is 12.9. The van der Waals surface area contributed by atoms with Crippen molar-refractivity contribution in [1.29, 1.82) is 0 Å². The van der Waals surface area contributed by atoms with Crippen molar-refractivity contribution >= 4 is 40.9 Å². The van der Waals surface area contributed by atoms with E-state index in [2.05, 4.69) is 66.0 Å². The molecule has 228 valence electrons. The van der Waals surface area contributed by atoms with Gasteiger partial charge in [0.1, 0.15) is 24.1 Å². The minimum Gasteiger partial charge on any atom is -0.447 e. The van der Waals surface area contributed by atoms with Gasteiger partial charge in [0.25, 0.3) is 0 Å². The van der Waals surface area contributed by atoms with E-state index in [0.717, 1.165) is 55.5 Å². The van der Waals surface area contributed by atoms with E-state index in [1.54, 1.807) is 4.90 Å². The van der Waals surface area contributed by atoms with Crippen molar-refractivity contribution in [2.45, 2.75) is 57.7 Å². The molecule has 4 aliphatic heterocycles.